The van der Waals surface area contributed by atoms with Gasteiger partial charge in [-0.25, -0.2) is 9.37 Å². The van der Waals surface area contributed by atoms with E-state index >= 15 is 0 Å². The lowest BCUT2D eigenvalue weighted by molar-refractivity contribution is 0.204. The third-order valence-electron chi connectivity index (χ3n) is 3.05. The molecule has 1 aromatic heterocycles. The Hall–Kier alpha value is -1.43. The quantitative estimate of drug-likeness (QED) is 0.782. The number of rotatable bonds is 8. The fourth-order valence-electron chi connectivity index (χ4n) is 1.92. The number of methoxy groups -OCH3 is 1. The second kappa shape index (κ2) is 6.65. The number of nitrogens with one attached hydrogen (secondary N) is 1. The number of anilines is 2. The summed E-state index contributed by atoms with van der Waals surface area (Å²) in [6, 6.07) is 0.388. The fraction of sp³-hybridized carbons (Fsp3) is 0.692. The van der Waals surface area contributed by atoms with Gasteiger partial charge in [-0.1, -0.05) is 6.92 Å². The minimum atomic E-state index is -0.370. The van der Waals surface area contributed by atoms with Gasteiger partial charge < -0.3 is 15.0 Å². The Morgan fingerprint density at radius 2 is 2.32 bits per heavy atom. The van der Waals surface area contributed by atoms with Gasteiger partial charge in [-0.3, -0.25) is 0 Å². The van der Waals surface area contributed by atoms with Crippen LogP contribution in [0.1, 0.15) is 26.2 Å². The van der Waals surface area contributed by atoms with Crippen LogP contribution in [0.2, 0.25) is 0 Å². The Balaban J connectivity index is 2.14. The predicted octanol–water partition coefficient (Wildman–Crippen LogP) is 2.05. The van der Waals surface area contributed by atoms with Crippen LogP contribution < -0.4 is 10.2 Å². The number of nitrogens with zero attached hydrogens (tertiary/aromatic N) is 3. The molecule has 1 fully saturated rings. The number of aromatic nitrogens is 2. The van der Waals surface area contributed by atoms with Crippen molar-refractivity contribution < 1.29 is 9.13 Å². The van der Waals surface area contributed by atoms with Crippen molar-refractivity contribution in [1.82, 2.24) is 9.97 Å². The number of hydrogen-bond donors (Lipinski definition) is 1. The molecule has 0 saturated heterocycles. The standard InChI is InChI=1S/C13H21FN4O/c1-3-6-15-13-16-9-11(14)12(17-13)18(7-8-19-2)10-4-5-10/h9-10H,3-8H2,1-2H3,(H,15,16,17). The summed E-state index contributed by atoms with van der Waals surface area (Å²) >= 11 is 0. The van der Waals surface area contributed by atoms with Gasteiger partial charge in [0.15, 0.2) is 11.6 Å². The first-order valence-electron chi connectivity index (χ1n) is 6.78. The molecule has 0 bridgehead atoms. The van der Waals surface area contributed by atoms with Crippen LogP contribution in [0, 0.1) is 5.82 Å². The molecular weight excluding hydrogens is 247 g/mol. The van der Waals surface area contributed by atoms with Crippen LogP contribution in [0.4, 0.5) is 16.2 Å². The fourth-order valence-corrected chi connectivity index (χ4v) is 1.92. The van der Waals surface area contributed by atoms with Gasteiger partial charge in [-0.05, 0) is 19.3 Å². The van der Waals surface area contributed by atoms with Gasteiger partial charge in [-0.15, -0.1) is 0 Å². The summed E-state index contributed by atoms with van der Waals surface area (Å²) in [5.41, 5.74) is 0. The highest BCUT2D eigenvalue weighted by atomic mass is 19.1. The monoisotopic (exact) mass is 268 g/mol. The molecule has 1 N–H and O–H groups in total. The van der Waals surface area contributed by atoms with Gasteiger partial charge >= 0.3 is 0 Å². The molecule has 0 aromatic carbocycles. The van der Waals surface area contributed by atoms with E-state index in [4.69, 9.17) is 4.74 Å². The normalized spacial score (nSPS) is 14.5. The molecule has 106 valence electrons. The van der Waals surface area contributed by atoms with Crippen LogP contribution >= 0.6 is 0 Å². The zero-order chi connectivity index (χ0) is 13.7. The maximum absolute atomic E-state index is 13.9. The van der Waals surface area contributed by atoms with Crippen molar-refractivity contribution in [3.63, 3.8) is 0 Å². The molecule has 1 heterocycles. The summed E-state index contributed by atoms with van der Waals surface area (Å²) in [5.74, 6) is 0.500. The molecule has 0 radical (unpaired) electrons. The maximum atomic E-state index is 13.9. The van der Waals surface area contributed by atoms with Gasteiger partial charge in [0, 0.05) is 26.2 Å². The molecule has 0 unspecified atom stereocenters. The van der Waals surface area contributed by atoms with Crippen LogP contribution in [-0.4, -0.2) is 42.8 Å². The molecule has 0 aliphatic heterocycles. The molecule has 0 spiro atoms. The Labute approximate surface area is 113 Å². The van der Waals surface area contributed by atoms with Crippen molar-refractivity contribution in [3.8, 4) is 0 Å². The lowest BCUT2D eigenvalue weighted by Crippen LogP contribution is -2.31. The van der Waals surface area contributed by atoms with Crippen molar-refractivity contribution >= 4 is 11.8 Å². The summed E-state index contributed by atoms with van der Waals surface area (Å²) in [6.45, 7) is 4.07. The van der Waals surface area contributed by atoms with E-state index in [0.29, 0.717) is 31.0 Å². The van der Waals surface area contributed by atoms with E-state index in [1.807, 2.05) is 4.90 Å². The topological polar surface area (TPSA) is 50.3 Å². The van der Waals surface area contributed by atoms with Crippen molar-refractivity contribution in [2.75, 3.05) is 37.0 Å². The lowest BCUT2D eigenvalue weighted by atomic mass is 10.4. The maximum Gasteiger partial charge on any atom is 0.224 e. The van der Waals surface area contributed by atoms with Gasteiger partial charge in [0.05, 0.1) is 12.8 Å². The number of hydrogen-bond acceptors (Lipinski definition) is 5. The van der Waals surface area contributed by atoms with Crippen molar-refractivity contribution in [2.45, 2.75) is 32.2 Å². The molecule has 19 heavy (non-hydrogen) atoms. The molecule has 0 atom stereocenters. The molecule has 2 rings (SSSR count). The van der Waals surface area contributed by atoms with Crippen molar-refractivity contribution in [3.05, 3.63) is 12.0 Å². The molecular formula is C13H21FN4O. The minimum absolute atomic E-state index is 0.370. The average molecular weight is 268 g/mol. The Morgan fingerprint density at radius 3 is 2.95 bits per heavy atom. The highest BCUT2D eigenvalue weighted by Gasteiger charge is 2.31. The summed E-state index contributed by atoms with van der Waals surface area (Å²) in [5, 5.41) is 3.09. The predicted molar refractivity (Wildman–Crippen MR) is 73.0 cm³/mol. The minimum Gasteiger partial charge on any atom is -0.383 e. The summed E-state index contributed by atoms with van der Waals surface area (Å²) < 4.78 is 19.0. The van der Waals surface area contributed by atoms with E-state index in [1.54, 1.807) is 7.11 Å². The molecule has 1 aliphatic carbocycles. The van der Waals surface area contributed by atoms with Gasteiger partial charge in [0.1, 0.15) is 0 Å². The molecule has 5 nitrogen and oxygen atoms in total. The van der Waals surface area contributed by atoms with E-state index in [-0.39, 0.29) is 5.82 Å². The van der Waals surface area contributed by atoms with E-state index < -0.39 is 0 Å². The second-order valence-corrected chi connectivity index (χ2v) is 4.71. The SMILES string of the molecule is CCCNc1ncc(F)c(N(CCOC)C2CC2)n1. The van der Waals surface area contributed by atoms with Crippen molar-refractivity contribution in [2.24, 2.45) is 0 Å². The van der Waals surface area contributed by atoms with E-state index in [1.165, 1.54) is 6.20 Å². The van der Waals surface area contributed by atoms with E-state index in [2.05, 4.69) is 22.2 Å². The highest BCUT2D eigenvalue weighted by Crippen LogP contribution is 2.31. The molecule has 1 aromatic rings. The third kappa shape index (κ3) is 3.76. The van der Waals surface area contributed by atoms with E-state index in [0.717, 1.165) is 25.8 Å². The molecule has 6 heteroatoms. The smallest absolute Gasteiger partial charge is 0.224 e. The Bertz CT molecular complexity index is 412. The van der Waals surface area contributed by atoms with Crippen LogP contribution in [0.15, 0.2) is 6.20 Å². The molecule has 1 aliphatic rings. The first kappa shape index (κ1) is 14.0. The third-order valence-corrected chi connectivity index (χ3v) is 3.05. The second-order valence-electron chi connectivity index (χ2n) is 4.71. The molecule has 0 amide bonds. The zero-order valence-corrected chi connectivity index (χ0v) is 11.5. The van der Waals surface area contributed by atoms with Crippen LogP contribution in [0.5, 0.6) is 0 Å². The Kier molecular flexibility index (Phi) is 4.90. The van der Waals surface area contributed by atoms with Gasteiger partial charge in [0.25, 0.3) is 0 Å². The summed E-state index contributed by atoms with van der Waals surface area (Å²) in [6.07, 6.45) is 4.39. The van der Waals surface area contributed by atoms with Crippen LogP contribution in [0.3, 0.4) is 0 Å². The van der Waals surface area contributed by atoms with Crippen molar-refractivity contribution in [1.29, 1.82) is 0 Å². The van der Waals surface area contributed by atoms with Crippen LogP contribution in [-0.2, 0) is 4.74 Å². The van der Waals surface area contributed by atoms with Gasteiger partial charge in [0.2, 0.25) is 5.95 Å². The largest absolute Gasteiger partial charge is 0.383 e. The average Bonchev–Trinajstić information content (AvgIpc) is 3.24. The highest BCUT2D eigenvalue weighted by molar-refractivity contribution is 5.46. The van der Waals surface area contributed by atoms with E-state index in [9.17, 15) is 4.39 Å². The first-order chi connectivity index (χ1) is 9.26. The lowest BCUT2D eigenvalue weighted by Gasteiger charge is -2.23. The first-order valence-corrected chi connectivity index (χ1v) is 6.78. The van der Waals surface area contributed by atoms with Crippen LogP contribution in [0.25, 0.3) is 0 Å². The summed E-state index contributed by atoms with van der Waals surface area (Å²) in [4.78, 5) is 10.2. The summed E-state index contributed by atoms with van der Waals surface area (Å²) in [7, 11) is 1.65. The Morgan fingerprint density at radius 1 is 1.53 bits per heavy atom. The zero-order valence-electron chi connectivity index (χ0n) is 11.5. The van der Waals surface area contributed by atoms with Gasteiger partial charge in [-0.2, -0.15) is 4.98 Å². The number of ether oxygens (including phenoxy) is 1. The number of halogens is 1. The molecule has 1 saturated carbocycles.